The molecule has 1 heterocycles. The number of carbonyl (C=O) groups is 1. The van der Waals surface area contributed by atoms with Crippen molar-refractivity contribution in [3.05, 3.63) is 83.3 Å². The van der Waals surface area contributed by atoms with Gasteiger partial charge in [-0.15, -0.1) is 0 Å². The van der Waals surface area contributed by atoms with Crippen molar-refractivity contribution >= 4 is 5.91 Å². The number of rotatable bonds is 7. The summed E-state index contributed by atoms with van der Waals surface area (Å²) in [7, 11) is 0. The summed E-state index contributed by atoms with van der Waals surface area (Å²) < 4.78 is 11.3. The Hall–Kier alpha value is -3.05. The highest BCUT2D eigenvalue weighted by Gasteiger charge is 2.16. The molecule has 1 unspecified atom stereocenters. The highest BCUT2D eigenvalue weighted by Crippen LogP contribution is 2.26. The van der Waals surface area contributed by atoms with Crippen LogP contribution in [0.25, 0.3) is 0 Å². The first-order valence-corrected chi connectivity index (χ1v) is 8.89. The average molecular weight is 365 g/mol. The number of hydrogen-bond acceptors (Lipinski definition) is 4. The van der Waals surface area contributed by atoms with Crippen molar-refractivity contribution < 1.29 is 19.1 Å². The largest absolute Gasteiger partial charge is 0.466 e. The topological polar surface area (TPSA) is 71.7 Å². The number of aliphatic hydroxyl groups excluding tert-OH is 1. The van der Waals surface area contributed by atoms with Crippen molar-refractivity contribution in [1.29, 1.82) is 0 Å². The summed E-state index contributed by atoms with van der Waals surface area (Å²) >= 11 is 0. The molecule has 0 saturated carbocycles. The molecule has 0 aliphatic rings. The Morgan fingerprint density at radius 2 is 1.81 bits per heavy atom. The van der Waals surface area contributed by atoms with Crippen LogP contribution in [0.4, 0.5) is 0 Å². The first-order valence-electron chi connectivity index (χ1n) is 8.89. The van der Waals surface area contributed by atoms with Crippen molar-refractivity contribution in [2.75, 3.05) is 6.54 Å². The average Bonchev–Trinajstić information content (AvgIpc) is 3.01. The number of furan rings is 1. The molecule has 140 valence electrons. The van der Waals surface area contributed by atoms with Gasteiger partial charge < -0.3 is 19.6 Å². The van der Waals surface area contributed by atoms with E-state index < -0.39 is 6.10 Å². The Bertz CT molecular complexity index is 902. The molecule has 3 rings (SSSR count). The van der Waals surface area contributed by atoms with E-state index in [1.165, 1.54) is 0 Å². The van der Waals surface area contributed by atoms with Crippen LogP contribution in [0, 0.1) is 13.8 Å². The second-order valence-electron chi connectivity index (χ2n) is 6.34. The maximum atomic E-state index is 12.6. The van der Waals surface area contributed by atoms with Crippen molar-refractivity contribution in [3.63, 3.8) is 0 Å². The molecule has 27 heavy (non-hydrogen) atoms. The Morgan fingerprint density at radius 1 is 1.11 bits per heavy atom. The third kappa shape index (κ3) is 4.77. The zero-order valence-corrected chi connectivity index (χ0v) is 15.4. The first kappa shape index (κ1) is 18.7. The SMILES string of the molecule is Cc1cc(C(O)CCNC(=O)c2ccccc2Oc2ccccc2)c(C)o1. The number of hydrogen-bond donors (Lipinski definition) is 2. The van der Waals surface area contributed by atoms with Gasteiger partial charge in [-0.05, 0) is 50.6 Å². The fourth-order valence-electron chi connectivity index (χ4n) is 2.91. The summed E-state index contributed by atoms with van der Waals surface area (Å²) in [6, 6.07) is 18.2. The van der Waals surface area contributed by atoms with Crippen LogP contribution in [-0.4, -0.2) is 17.6 Å². The van der Waals surface area contributed by atoms with Crippen LogP contribution < -0.4 is 10.1 Å². The molecule has 0 radical (unpaired) electrons. The zero-order chi connectivity index (χ0) is 19.2. The lowest BCUT2D eigenvalue weighted by Crippen LogP contribution is -2.26. The van der Waals surface area contributed by atoms with Crippen LogP contribution in [0.3, 0.4) is 0 Å². The molecule has 0 spiro atoms. The van der Waals surface area contributed by atoms with E-state index in [9.17, 15) is 9.90 Å². The van der Waals surface area contributed by atoms with Crippen LogP contribution in [-0.2, 0) is 0 Å². The Labute approximate surface area is 158 Å². The molecular formula is C22H23NO4. The second-order valence-corrected chi connectivity index (χ2v) is 6.34. The van der Waals surface area contributed by atoms with Gasteiger partial charge in [-0.2, -0.15) is 0 Å². The maximum absolute atomic E-state index is 12.6. The molecule has 5 heteroatoms. The van der Waals surface area contributed by atoms with Crippen LogP contribution in [0.2, 0.25) is 0 Å². The van der Waals surface area contributed by atoms with Crippen molar-refractivity contribution in [3.8, 4) is 11.5 Å². The molecule has 0 aliphatic heterocycles. The number of amides is 1. The number of aryl methyl sites for hydroxylation is 2. The Balaban J connectivity index is 1.60. The van der Waals surface area contributed by atoms with Crippen LogP contribution in [0.15, 0.2) is 65.1 Å². The van der Waals surface area contributed by atoms with Crippen LogP contribution in [0.5, 0.6) is 11.5 Å². The summed E-state index contributed by atoms with van der Waals surface area (Å²) in [5, 5.41) is 13.2. The fourth-order valence-corrected chi connectivity index (χ4v) is 2.91. The normalized spacial score (nSPS) is 11.8. The summed E-state index contributed by atoms with van der Waals surface area (Å²) in [4.78, 5) is 12.6. The molecule has 0 saturated heterocycles. The van der Waals surface area contributed by atoms with Crippen molar-refractivity contribution in [2.45, 2.75) is 26.4 Å². The lowest BCUT2D eigenvalue weighted by atomic mass is 10.1. The molecule has 2 aromatic carbocycles. The minimum atomic E-state index is -0.682. The third-order valence-corrected chi connectivity index (χ3v) is 4.24. The molecule has 0 aliphatic carbocycles. The van der Waals surface area contributed by atoms with E-state index >= 15 is 0 Å². The van der Waals surface area contributed by atoms with E-state index in [2.05, 4.69) is 5.32 Å². The molecule has 5 nitrogen and oxygen atoms in total. The number of aliphatic hydroxyl groups is 1. The number of ether oxygens (including phenoxy) is 1. The smallest absolute Gasteiger partial charge is 0.255 e. The van der Waals surface area contributed by atoms with E-state index in [0.29, 0.717) is 35.8 Å². The summed E-state index contributed by atoms with van der Waals surface area (Å²) in [5.74, 6) is 2.38. The summed E-state index contributed by atoms with van der Waals surface area (Å²) in [6.07, 6.45) is -0.286. The Kier molecular flexibility index (Phi) is 5.94. The zero-order valence-electron chi connectivity index (χ0n) is 15.4. The fraction of sp³-hybridized carbons (Fsp3) is 0.227. The standard InChI is InChI=1S/C22H23NO4/c1-15-14-19(16(2)26-15)20(24)12-13-23-22(25)18-10-6-7-11-21(18)27-17-8-4-3-5-9-17/h3-11,14,20,24H,12-13H2,1-2H3,(H,23,25). The van der Waals surface area contributed by atoms with Gasteiger partial charge >= 0.3 is 0 Å². The molecular weight excluding hydrogens is 342 g/mol. The van der Waals surface area contributed by atoms with Gasteiger partial charge in [-0.1, -0.05) is 30.3 Å². The lowest BCUT2D eigenvalue weighted by molar-refractivity contribution is 0.0940. The minimum absolute atomic E-state index is 0.242. The van der Waals surface area contributed by atoms with E-state index in [1.807, 2.05) is 56.3 Å². The van der Waals surface area contributed by atoms with Gasteiger partial charge in [-0.25, -0.2) is 0 Å². The van der Waals surface area contributed by atoms with Gasteiger partial charge in [0.05, 0.1) is 11.7 Å². The summed E-state index contributed by atoms with van der Waals surface area (Å²) in [5.41, 5.74) is 1.21. The molecule has 0 fully saturated rings. The van der Waals surface area contributed by atoms with Gasteiger partial charge in [0.25, 0.3) is 5.91 Å². The first-order chi connectivity index (χ1) is 13.0. The number of benzene rings is 2. The second kappa shape index (κ2) is 8.56. The van der Waals surface area contributed by atoms with Crippen LogP contribution in [0.1, 0.15) is 40.0 Å². The third-order valence-electron chi connectivity index (χ3n) is 4.24. The van der Waals surface area contributed by atoms with Gasteiger partial charge in [0.15, 0.2) is 0 Å². The van der Waals surface area contributed by atoms with E-state index in [4.69, 9.17) is 9.15 Å². The van der Waals surface area contributed by atoms with Gasteiger partial charge in [-0.3, -0.25) is 4.79 Å². The van der Waals surface area contributed by atoms with Crippen LogP contribution >= 0.6 is 0 Å². The number of nitrogens with one attached hydrogen (secondary N) is 1. The number of carbonyl (C=O) groups excluding carboxylic acids is 1. The van der Waals surface area contributed by atoms with Gasteiger partial charge in [0.2, 0.25) is 0 Å². The Morgan fingerprint density at radius 3 is 2.52 bits per heavy atom. The minimum Gasteiger partial charge on any atom is -0.466 e. The van der Waals surface area contributed by atoms with E-state index in [1.54, 1.807) is 18.2 Å². The van der Waals surface area contributed by atoms with E-state index in [0.717, 1.165) is 11.3 Å². The molecule has 1 aromatic heterocycles. The predicted octanol–water partition coefficient (Wildman–Crippen LogP) is 4.54. The lowest BCUT2D eigenvalue weighted by Gasteiger charge is -2.13. The monoisotopic (exact) mass is 365 g/mol. The molecule has 1 atom stereocenters. The quantitative estimate of drug-likeness (QED) is 0.645. The maximum Gasteiger partial charge on any atom is 0.255 e. The van der Waals surface area contributed by atoms with Crippen molar-refractivity contribution in [2.24, 2.45) is 0 Å². The number of para-hydroxylation sites is 2. The van der Waals surface area contributed by atoms with Crippen molar-refractivity contribution in [1.82, 2.24) is 5.32 Å². The summed E-state index contributed by atoms with van der Waals surface area (Å²) in [6.45, 7) is 4.00. The van der Waals surface area contributed by atoms with Gasteiger partial charge in [0.1, 0.15) is 23.0 Å². The predicted molar refractivity (Wildman–Crippen MR) is 103 cm³/mol. The van der Waals surface area contributed by atoms with E-state index in [-0.39, 0.29) is 5.91 Å². The highest BCUT2D eigenvalue weighted by atomic mass is 16.5. The molecule has 3 aromatic rings. The van der Waals surface area contributed by atoms with Gasteiger partial charge in [0, 0.05) is 12.1 Å². The molecule has 2 N–H and O–H groups in total. The highest BCUT2D eigenvalue weighted by molar-refractivity contribution is 5.97. The molecule has 1 amide bonds. The molecule has 0 bridgehead atoms.